The predicted molar refractivity (Wildman–Crippen MR) is 108 cm³/mol. The molecule has 1 aromatic heterocycles. The van der Waals surface area contributed by atoms with E-state index in [1.54, 1.807) is 13.2 Å². The first-order valence-electron chi connectivity index (χ1n) is 9.83. The number of likely N-dealkylation sites (tertiary alicyclic amines) is 1. The summed E-state index contributed by atoms with van der Waals surface area (Å²) in [4.78, 5) is 2.18. The Bertz CT molecular complexity index is 964. The summed E-state index contributed by atoms with van der Waals surface area (Å²) < 4.78 is 24.6. The third kappa shape index (κ3) is 4.66. The third-order valence-corrected chi connectivity index (χ3v) is 5.57. The maximum Gasteiger partial charge on any atom is 0.140 e. The minimum Gasteiger partial charge on any atom is -0.497 e. The monoisotopic (exact) mass is 396 g/mol. The van der Waals surface area contributed by atoms with Crippen LogP contribution in [-0.2, 0) is 13.0 Å². The molecule has 3 aromatic rings. The summed E-state index contributed by atoms with van der Waals surface area (Å²) >= 11 is 0. The van der Waals surface area contributed by atoms with Crippen LogP contribution in [0, 0.1) is 5.82 Å². The van der Waals surface area contributed by atoms with E-state index >= 15 is 0 Å². The van der Waals surface area contributed by atoms with Gasteiger partial charge in [-0.2, -0.15) is 0 Å². The molecule has 0 bridgehead atoms. The fraction of sp³-hybridized carbons (Fsp3) is 0.348. The van der Waals surface area contributed by atoms with Crippen molar-refractivity contribution in [2.45, 2.75) is 31.4 Å². The van der Waals surface area contributed by atoms with Crippen LogP contribution in [0.25, 0.3) is 11.3 Å². The molecule has 2 heterocycles. The van der Waals surface area contributed by atoms with Gasteiger partial charge in [-0.15, -0.1) is 0 Å². The molecule has 0 unspecified atom stereocenters. The van der Waals surface area contributed by atoms with Gasteiger partial charge in [0.1, 0.15) is 23.0 Å². The molecule has 1 N–H and O–H groups in total. The predicted octanol–water partition coefficient (Wildman–Crippen LogP) is 4.06. The van der Waals surface area contributed by atoms with Gasteiger partial charge in [0.2, 0.25) is 0 Å². The molecule has 0 aliphatic carbocycles. The lowest BCUT2D eigenvalue weighted by molar-refractivity contribution is -0.0267. The number of aliphatic hydroxyl groups is 1. The molecule has 4 rings (SSSR count). The van der Waals surface area contributed by atoms with Crippen LogP contribution in [0.4, 0.5) is 4.39 Å². The molecule has 152 valence electrons. The lowest BCUT2D eigenvalue weighted by atomic mass is 9.87. The molecule has 1 fully saturated rings. The van der Waals surface area contributed by atoms with Crippen molar-refractivity contribution < 1.29 is 18.8 Å². The fourth-order valence-corrected chi connectivity index (χ4v) is 3.81. The summed E-state index contributed by atoms with van der Waals surface area (Å²) in [5.74, 6) is 1.24. The van der Waals surface area contributed by atoms with E-state index in [9.17, 15) is 9.50 Å². The zero-order valence-corrected chi connectivity index (χ0v) is 16.5. The van der Waals surface area contributed by atoms with Crippen LogP contribution in [-0.4, -0.2) is 41.0 Å². The minimum absolute atomic E-state index is 0.180. The van der Waals surface area contributed by atoms with Gasteiger partial charge >= 0.3 is 0 Å². The zero-order valence-electron chi connectivity index (χ0n) is 16.5. The molecule has 0 saturated carbocycles. The molecule has 1 aliphatic rings. The van der Waals surface area contributed by atoms with Crippen molar-refractivity contribution in [1.82, 2.24) is 10.1 Å². The second-order valence-electron chi connectivity index (χ2n) is 7.68. The molecule has 29 heavy (non-hydrogen) atoms. The van der Waals surface area contributed by atoms with Gasteiger partial charge in [0.15, 0.2) is 0 Å². The van der Waals surface area contributed by atoms with E-state index in [2.05, 4.69) is 10.1 Å². The topological polar surface area (TPSA) is 58.7 Å². The van der Waals surface area contributed by atoms with Crippen LogP contribution < -0.4 is 4.74 Å². The van der Waals surface area contributed by atoms with E-state index in [1.807, 2.05) is 42.5 Å². The number of hydrogen-bond donors (Lipinski definition) is 1. The Morgan fingerprint density at radius 3 is 2.69 bits per heavy atom. The molecule has 6 heteroatoms. The van der Waals surface area contributed by atoms with Crippen LogP contribution in [0.15, 0.2) is 59.1 Å². The Labute approximate surface area is 169 Å². The van der Waals surface area contributed by atoms with Gasteiger partial charge in [0.25, 0.3) is 0 Å². The largest absolute Gasteiger partial charge is 0.497 e. The number of rotatable bonds is 6. The van der Waals surface area contributed by atoms with Gasteiger partial charge in [0, 0.05) is 43.2 Å². The van der Waals surface area contributed by atoms with Gasteiger partial charge in [-0.05, 0) is 31.0 Å². The number of halogens is 1. The Hall–Kier alpha value is -2.70. The molecule has 5 nitrogen and oxygen atoms in total. The van der Waals surface area contributed by atoms with Crippen molar-refractivity contribution in [2.75, 3.05) is 20.2 Å². The van der Waals surface area contributed by atoms with Crippen molar-refractivity contribution in [2.24, 2.45) is 0 Å². The number of nitrogens with zero attached hydrogens (tertiary/aromatic N) is 2. The quantitative estimate of drug-likeness (QED) is 0.681. The first-order chi connectivity index (χ1) is 14.0. The summed E-state index contributed by atoms with van der Waals surface area (Å²) in [6.45, 7) is 1.98. The number of methoxy groups -OCH3 is 1. The summed E-state index contributed by atoms with van der Waals surface area (Å²) in [6, 6.07) is 16.3. The van der Waals surface area contributed by atoms with Crippen LogP contribution in [0.1, 0.15) is 24.2 Å². The van der Waals surface area contributed by atoms with Crippen LogP contribution in [0.5, 0.6) is 5.75 Å². The maximum atomic E-state index is 13.9. The van der Waals surface area contributed by atoms with Crippen molar-refractivity contribution in [1.29, 1.82) is 0 Å². The molecular formula is C23H25FN2O3. The second kappa shape index (κ2) is 8.35. The molecule has 0 spiro atoms. The van der Waals surface area contributed by atoms with Crippen LogP contribution >= 0.6 is 0 Å². The zero-order chi connectivity index (χ0) is 20.3. The number of aromatic nitrogens is 1. The number of benzene rings is 2. The normalized spacial score (nSPS) is 16.7. The first-order valence-corrected chi connectivity index (χ1v) is 9.83. The smallest absolute Gasteiger partial charge is 0.140 e. The van der Waals surface area contributed by atoms with E-state index in [1.165, 1.54) is 6.07 Å². The lowest BCUT2D eigenvalue weighted by Gasteiger charge is -2.37. The van der Waals surface area contributed by atoms with Crippen LogP contribution in [0.3, 0.4) is 0 Å². The Morgan fingerprint density at radius 1 is 1.14 bits per heavy atom. The van der Waals surface area contributed by atoms with Gasteiger partial charge < -0.3 is 14.4 Å². The SMILES string of the molecule is COc1cccc(-c2cc(CC3(O)CCN(Cc4ccccc4F)CC3)on2)c1. The summed E-state index contributed by atoms with van der Waals surface area (Å²) in [6.07, 6.45) is 1.63. The van der Waals surface area contributed by atoms with E-state index in [0.29, 0.717) is 50.2 Å². The molecular weight excluding hydrogens is 371 g/mol. The molecule has 1 aliphatic heterocycles. The molecule has 1 saturated heterocycles. The summed E-state index contributed by atoms with van der Waals surface area (Å²) in [7, 11) is 1.63. The van der Waals surface area contributed by atoms with Crippen molar-refractivity contribution in [3.63, 3.8) is 0 Å². The van der Waals surface area contributed by atoms with Crippen LogP contribution in [0.2, 0.25) is 0 Å². The number of ether oxygens (including phenoxy) is 1. The molecule has 0 radical (unpaired) electrons. The average Bonchev–Trinajstić information content (AvgIpc) is 3.19. The van der Waals surface area contributed by atoms with Gasteiger partial charge in [-0.25, -0.2) is 4.39 Å². The summed E-state index contributed by atoms with van der Waals surface area (Å²) in [5, 5.41) is 15.2. The van der Waals surface area contributed by atoms with Crippen molar-refractivity contribution in [3.05, 3.63) is 71.7 Å². The van der Waals surface area contributed by atoms with E-state index < -0.39 is 5.60 Å². The minimum atomic E-state index is -0.836. The Kier molecular flexibility index (Phi) is 5.65. The molecule has 0 atom stereocenters. The van der Waals surface area contributed by atoms with Gasteiger partial charge in [0.05, 0.1) is 12.7 Å². The summed E-state index contributed by atoms with van der Waals surface area (Å²) in [5.41, 5.74) is 1.48. The van der Waals surface area contributed by atoms with E-state index in [4.69, 9.17) is 9.26 Å². The lowest BCUT2D eigenvalue weighted by Crippen LogP contribution is -2.45. The second-order valence-corrected chi connectivity index (χ2v) is 7.68. The van der Waals surface area contributed by atoms with E-state index in [-0.39, 0.29) is 5.82 Å². The van der Waals surface area contributed by atoms with Gasteiger partial charge in [-0.1, -0.05) is 35.5 Å². The highest BCUT2D eigenvalue weighted by atomic mass is 19.1. The molecule has 0 amide bonds. The first kappa shape index (κ1) is 19.6. The molecule has 2 aromatic carbocycles. The highest BCUT2D eigenvalue weighted by Gasteiger charge is 2.34. The highest BCUT2D eigenvalue weighted by Crippen LogP contribution is 2.30. The average molecular weight is 396 g/mol. The third-order valence-electron chi connectivity index (χ3n) is 5.57. The van der Waals surface area contributed by atoms with Crippen molar-refractivity contribution in [3.8, 4) is 17.0 Å². The standard InChI is InChI=1S/C23H25FN2O3/c1-28-19-7-4-6-17(13-19)22-14-20(29-25-22)15-23(27)9-11-26(12-10-23)16-18-5-2-3-8-21(18)24/h2-8,13-14,27H,9-12,15-16H2,1H3. The number of hydrogen-bond acceptors (Lipinski definition) is 5. The Morgan fingerprint density at radius 2 is 1.93 bits per heavy atom. The number of piperidine rings is 1. The Balaban J connectivity index is 1.37. The fourth-order valence-electron chi connectivity index (χ4n) is 3.81. The van der Waals surface area contributed by atoms with Gasteiger partial charge in [-0.3, -0.25) is 4.90 Å². The van der Waals surface area contributed by atoms with Crippen molar-refractivity contribution >= 4 is 0 Å². The van der Waals surface area contributed by atoms with E-state index in [0.717, 1.165) is 17.0 Å². The maximum absolute atomic E-state index is 13.9. The highest BCUT2D eigenvalue weighted by molar-refractivity contribution is 5.60.